The van der Waals surface area contributed by atoms with Crippen LogP contribution in [-0.2, 0) is 10.8 Å². The van der Waals surface area contributed by atoms with E-state index >= 15 is 0 Å². The summed E-state index contributed by atoms with van der Waals surface area (Å²) in [7, 11) is 0. The highest BCUT2D eigenvalue weighted by Crippen LogP contribution is 2.50. The predicted molar refractivity (Wildman–Crippen MR) is 312 cm³/mol. The molecule has 3 aromatic heterocycles. The van der Waals surface area contributed by atoms with Crippen molar-refractivity contribution in [3.8, 4) is 78.9 Å². The Kier molecular flexibility index (Phi) is 10.2. The van der Waals surface area contributed by atoms with Gasteiger partial charge in [0.05, 0.1) is 22.1 Å². The first kappa shape index (κ1) is 44.5. The lowest BCUT2D eigenvalue weighted by Gasteiger charge is -2.22. The fraction of sp³-hybridized carbons (Fsp3) is 0.100. The lowest BCUT2D eigenvalue weighted by atomic mass is 9.82. The van der Waals surface area contributed by atoms with Crippen LogP contribution in [0.2, 0.25) is 0 Å². The van der Waals surface area contributed by atoms with Crippen LogP contribution in [0, 0.1) is 0 Å². The van der Waals surface area contributed by atoms with Gasteiger partial charge >= 0.3 is 0 Å². The van der Waals surface area contributed by atoms with Gasteiger partial charge in [-0.05, 0) is 97.2 Å². The summed E-state index contributed by atoms with van der Waals surface area (Å²) in [6.45, 7) is 9.54. The molecule has 14 rings (SSSR count). The summed E-state index contributed by atoms with van der Waals surface area (Å²) in [5.41, 5.74) is 19.9. The first-order valence-corrected chi connectivity index (χ1v) is 26.1. The highest BCUT2D eigenvalue weighted by molar-refractivity contribution is 6.23. The number of aromatic nitrogens is 5. The van der Waals surface area contributed by atoms with Gasteiger partial charge < -0.3 is 4.57 Å². The largest absolute Gasteiger partial charge is 0.307 e. The second kappa shape index (κ2) is 17.2. The fourth-order valence-corrected chi connectivity index (χ4v) is 12.4. The summed E-state index contributed by atoms with van der Waals surface area (Å²) in [5, 5.41) is 4.58. The molecule has 0 spiro atoms. The Morgan fingerprint density at radius 2 is 0.680 bits per heavy atom. The Morgan fingerprint density at radius 3 is 1.19 bits per heavy atom. The van der Waals surface area contributed by atoms with Crippen molar-refractivity contribution >= 4 is 43.6 Å². The average molecular weight is 964 g/mol. The molecule has 5 nitrogen and oxygen atoms in total. The Bertz CT molecular complexity index is 4220. The van der Waals surface area contributed by atoms with Crippen LogP contribution in [0.1, 0.15) is 45.2 Å². The number of hydrogen-bond acceptors (Lipinski definition) is 3. The Morgan fingerprint density at radius 1 is 0.307 bits per heavy atom. The van der Waals surface area contributed by atoms with Crippen LogP contribution in [-0.4, -0.2) is 24.1 Å². The third-order valence-corrected chi connectivity index (χ3v) is 15.8. The van der Waals surface area contributed by atoms with Crippen LogP contribution in [0.3, 0.4) is 0 Å². The van der Waals surface area contributed by atoms with E-state index in [1.54, 1.807) is 0 Å². The number of para-hydroxylation sites is 2. The van der Waals surface area contributed by atoms with Crippen molar-refractivity contribution in [2.45, 2.75) is 44.9 Å². The Labute approximate surface area is 437 Å². The molecular weight excluding hydrogens is 911 g/mol. The van der Waals surface area contributed by atoms with Crippen molar-refractivity contribution in [3.63, 3.8) is 0 Å². The average Bonchev–Trinajstić information content (AvgIpc) is 4.06. The van der Waals surface area contributed by atoms with E-state index in [0.717, 1.165) is 83.7 Å². The van der Waals surface area contributed by atoms with Crippen LogP contribution in [0.4, 0.5) is 0 Å². The van der Waals surface area contributed by atoms with Crippen LogP contribution in [0.25, 0.3) is 123 Å². The van der Waals surface area contributed by atoms with Gasteiger partial charge in [0.25, 0.3) is 0 Å². The van der Waals surface area contributed by atoms with Crippen molar-refractivity contribution in [1.29, 1.82) is 0 Å². The second-order valence-electron chi connectivity index (χ2n) is 21.6. The van der Waals surface area contributed by atoms with Gasteiger partial charge in [0.15, 0.2) is 11.6 Å². The second-order valence-corrected chi connectivity index (χ2v) is 21.6. The maximum atomic E-state index is 5.43. The van der Waals surface area contributed by atoms with Gasteiger partial charge in [-0.15, -0.1) is 0 Å². The van der Waals surface area contributed by atoms with E-state index in [0.29, 0.717) is 17.6 Å². The minimum atomic E-state index is 0.155. The summed E-state index contributed by atoms with van der Waals surface area (Å²) < 4.78 is 4.70. The summed E-state index contributed by atoms with van der Waals surface area (Å²) in [5.74, 6) is 1.75. The third-order valence-electron chi connectivity index (χ3n) is 15.8. The number of nitrogens with zero attached hydrogens (tertiary/aromatic N) is 5. The molecule has 0 fully saturated rings. The molecule has 0 unspecified atom stereocenters. The summed E-state index contributed by atoms with van der Waals surface area (Å²) in [6.07, 6.45) is 1.16. The molecule has 0 saturated heterocycles. The van der Waals surface area contributed by atoms with E-state index in [2.05, 4.69) is 261 Å². The Hall–Kier alpha value is -9.19. The molecule has 0 saturated carbocycles. The van der Waals surface area contributed by atoms with E-state index in [1.807, 2.05) is 12.1 Å². The van der Waals surface area contributed by atoms with Crippen LogP contribution >= 0.6 is 0 Å². The molecule has 75 heavy (non-hydrogen) atoms. The molecule has 0 N–H and O–H groups in total. The maximum absolute atomic E-state index is 5.43. The van der Waals surface area contributed by atoms with Crippen LogP contribution in [0.15, 0.2) is 237 Å². The van der Waals surface area contributed by atoms with Gasteiger partial charge in [0, 0.05) is 38.4 Å². The molecular formula is C70H53N5. The zero-order chi connectivity index (χ0) is 50.4. The molecule has 0 bridgehead atoms. The third kappa shape index (κ3) is 7.49. The monoisotopic (exact) mass is 963 g/mol. The van der Waals surface area contributed by atoms with Crippen molar-refractivity contribution in [1.82, 2.24) is 24.1 Å². The molecule has 5 heteroatoms. The molecule has 0 aliphatic heterocycles. The quantitative estimate of drug-likeness (QED) is 0.152. The number of rotatable bonds is 8. The van der Waals surface area contributed by atoms with Crippen molar-refractivity contribution in [2.24, 2.45) is 0 Å². The molecule has 10 aromatic carbocycles. The summed E-state index contributed by atoms with van der Waals surface area (Å²) in [6, 6.07) is 85.2. The predicted octanol–water partition coefficient (Wildman–Crippen LogP) is 18.0. The van der Waals surface area contributed by atoms with E-state index in [4.69, 9.17) is 15.0 Å². The fourth-order valence-electron chi connectivity index (χ4n) is 12.4. The standard InChI is InChI=1S/C70H53N5/c1-69(2)44-70(3,4)61-43-54(37-42-60(61)69)51-25-23-49(24-26-51)50-35-38-55(39-36-50)74-62-21-13-11-19-56(62)58-40-41-59-57-20-12-14-22-63(57)75(65(59)64(58)74)68-72-66(52-31-27-47(28-32-52)45-15-7-5-8-16-45)71-67(73-68)53-33-29-48(30-34-53)46-17-9-6-10-18-46/h5-43H,44H2,1-4H3. The van der Waals surface area contributed by atoms with Crippen molar-refractivity contribution in [3.05, 3.63) is 248 Å². The molecule has 1 aliphatic rings. The van der Waals surface area contributed by atoms with Crippen LogP contribution < -0.4 is 0 Å². The van der Waals surface area contributed by atoms with Crippen molar-refractivity contribution in [2.75, 3.05) is 0 Å². The minimum absolute atomic E-state index is 0.155. The topological polar surface area (TPSA) is 48.5 Å². The molecule has 0 atom stereocenters. The van der Waals surface area contributed by atoms with Gasteiger partial charge in [-0.2, -0.15) is 9.97 Å². The van der Waals surface area contributed by atoms with E-state index < -0.39 is 0 Å². The van der Waals surface area contributed by atoms with Gasteiger partial charge in [-0.3, -0.25) is 4.57 Å². The zero-order valence-corrected chi connectivity index (χ0v) is 42.5. The van der Waals surface area contributed by atoms with E-state index in [-0.39, 0.29) is 10.8 Å². The molecule has 13 aromatic rings. The lowest BCUT2D eigenvalue weighted by molar-refractivity contribution is 0.403. The minimum Gasteiger partial charge on any atom is -0.307 e. The maximum Gasteiger partial charge on any atom is 0.238 e. The van der Waals surface area contributed by atoms with E-state index in [1.165, 1.54) is 38.8 Å². The molecule has 0 radical (unpaired) electrons. The first-order valence-electron chi connectivity index (χ1n) is 26.1. The van der Waals surface area contributed by atoms with Crippen LogP contribution in [0.5, 0.6) is 0 Å². The number of hydrogen-bond donors (Lipinski definition) is 0. The zero-order valence-electron chi connectivity index (χ0n) is 42.5. The lowest BCUT2D eigenvalue weighted by Crippen LogP contribution is -2.17. The highest BCUT2D eigenvalue weighted by Gasteiger charge is 2.41. The first-order chi connectivity index (χ1) is 36.6. The van der Waals surface area contributed by atoms with Gasteiger partial charge in [-0.1, -0.05) is 240 Å². The Balaban J connectivity index is 0.922. The molecule has 358 valence electrons. The smallest absolute Gasteiger partial charge is 0.238 e. The van der Waals surface area contributed by atoms with Gasteiger partial charge in [-0.25, -0.2) is 4.98 Å². The van der Waals surface area contributed by atoms with E-state index in [9.17, 15) is 0 Å². The van der Waals surface area contributed by atoms with Gasteiger partial charge in [0.2, 0.25) is 5.95 Å². The SMILES string of the molecule is CC1(C)CC(C)(C)c2cc(-c3ccc(-c4ccc(-n5c6ccccc6c6ccc7c8ccccc8n(-c8nc(-c9ccc(-c%10ccccc%10)cc9)nc(-c9ccc(-c%10ccccc%10)cc9)n8)c7c65)cc4)cc3)ccc21. The normalized spacial score (nSPS) is 13.8. The molecule has 3 heterocycles. The van der Waals surface area contributed by atoms with Crippen molar-refractivity contribution < 1.29 is 0 Å². The van der Waals surface area contributed by atoms with Gasteiger partial charge in [0.1, 0.15) is 0 Å². The molecule has 0 amide bonds. The summed E-state index contributed by atoms with van der Waals surface area (Å²) in [4.78, 5) is 16.1. The molecule has 1 aliphatic carbocycles. The number of benzene rings is 10. The highest BCUT2D eigenvalue weighted by atomic mass is 15.2. The number of fused-ring (bicyclic) bond motifs is 8. The summed E-state index contributed by atoms with van der Waals surface area (Å²) >= 11 is 0.